The molecule has 0 amide bonds. The molecule has 9 heteroatoms. The van der Waals surface area contributed by atoms with Crippen LogP contribution in [0.4, 0.5) is 8.78 Å². The van der Waals surface area contributed by atoms with E-state index in [1.165, 1.54) is 4.31 Å². The summed E-state index contributed by atoms with van der Waals surface area (Å²) in [5.41, 5.74) is -0.0601. The summed E-state index contributed by atoms with van der Waals surface area (Å²) in [5.74, 6) is -2.65. The number of carbonyl (C=O) groups is 1. The van der Waals surface area contributed by atoms with Crippen LogP contribution in [0.3, 0.4) is 0 Å². The van der Waals surface area contributed by atoms with Crippen molar-refractivity contribution in [1.82, 2.24) is 9.21 Å². The Kier molecular flexibility index (Phi) is 7.77. The number of Topliss-reactive ketones (excluding diaryl/α,β-unsaturated/α-hetero) is 1. The Morgan fingerprint density at radius 3 is 2.26 bits per heavy atom. The maximum Gasteiger partial charge on any atom is 0.248 e. The van der Waals surface area contributed by atoms with Crippen molar-refractivity contribution in [2.75, 3.05) is 31.9 Å². The Balaban J connectivity index is 1.71. The summed E-state index contributed by atoms with van der Waals surface area (Å²) in [6.07, 6.45) is 1.45. The van der Waals surface area contributed by atoms with Gasteiger partial charge in [-0.1, -0.05) is 30.7 Å². The molecule has 5 nitrogen and oxygen atoms in total. The Labute approximate surface area is 188 Å². The first kappa shape index (κ1) is 24.6. The summed E-state index contributed by atoms with van der Waals surface area (Å²) in [6, 6.07) is 6.87. The second kappa shape index (κ2) is 9.81. The molecule has 1 saturated heterocycles. The van der Waals surface area contributed by atoms with E-state index in [4.69, 9.17) is 11.6 Å². The van der Waals surface area contributed by atoms with E-state index in [0.29, 0.717) is 62.4 Å². The highest BCUT2D eigenvalue weighted by Gasteiger charge is 2.47. The van der Waals surface area contributed by atoms with Crippen molar-refractivity contribution in [2.45, 2.75) is 63.3 Å². The summed E-state index contributed by atoms with van der Waals surface area (Å²) in [6.45, 7) is 3.54. The minimum absolute atomic E-state index is 0.0912. The van der Waals surface area contributed by atoms with Crippen LogP contribution in [0, 0.1) is 0 Å². The van der Waals surface area contributed by atoms with Crippen LogP contribution in [-0.4, -0.2) is 66.8 Å². The number of benzene rings is 1. The molecule has 0 atom stereocenters. The highest BCUT2D eigenvalue weighted by Crippen LogP contribution is 2.44. The monoisotopic (exact) mass is 476 g/mol. The number of nitrogens with zero attached hydrogens (tertiary/aromatic N) is 2. The normalized spacial score (nSPS) is 22.3. The van der Waals surface area contributed by atoms with Crippen molar-refractivity contribution in [3.8, 4) is 0 Å². The molecule has 0 N–H and O–H groups in total. The van der Waals surface area contributed by atoms with Gasteiger partial charge < -0.3 is 0 Å². The van der Waals surface area contributed by atoms with Gasteiger partial charge in [0.1, 0.15) is 0 Å². The number of hydrogen-bond donors (Lipinski definition) is 0. The minimum Gasteiger partial charge on any atom is -0.295 e. The Hall–Kier alpha value is -1.09. The topological polar surface area (TPSA) is 57.7 Å². The van der Waals surface area contributed by atoms with Crippen LogP contribution in [-0.2, 0) is 10.0 Å². The quantitative estimate of drug-likeness (QED) is 0.514. The Bertz CT molecular complexity index is 876. The van der Waals surface area contributed by atoms with E-state index in [0.717, 1.165) is 0 Å². The molecule has 1 aromatic carbocycles. The summed E-state index contributed by atoms with van der Waals surface area (Å²) >= 11 is 6.15. The van der Waals surface area contributed by atoms with Gasteiger partial charge in [-0.2, -0.15) is 4.31 Å². The smallest absolute Gasteiger partial charge is 0.248 e. The van der Waals surface area contributed by atoms with Gasteiger partial charge in [0.15, 0.2) is 5.78 Å². The number of halogens is 3. The number of sulfonamides is 1. The number of carbonyl (C=O) groups excluding carboxylic acids is 1. The maximum absolute atomic E-state index is 13.9. The van der Waals surface area contributed by atoms with Gasteiger partial charge in [0.2, 0.25) is 15.9 Å². The number of alkyl halides is 2. The maximum atomic E-state index is 13.9. The van der Waals surface area contributed by atoms with Gasteiger partial charge in [-0.3, -0.25) is 9.69 Å². The van der Waals surface area contributed by atoms with Crippen molar-refractivity contribution in [3.63, 3.8) is 0 Å². The molecule has 2 aliphatic rings. The molecular weight excluding hydrogens is 446 g/mol. The fourth-order valence-corrected chi connectivity index (χ4v) is 6.54. The van der Waals surface area contributed by atoms with Crippen molar-refractivity contribution in [1.29, 1.82) is 0 Å². The van der Waals surface area contributed by atoms with Crippen LogP contribution in [0.15, 0.2) is 24.3 Å². The third-order valence-corrected chi connectivity index (χ3v) is 9.07. The predicted octanol–water partition coefficient (Wildman–Crippen LogP) is 4.61. The molecule has 3 rings (SSSR count). The SMILES string of the molecule is CCCS(=O)(=O)N1CCN(C2(CCC(=O)c3ccccc3Cl)CCC(F)(F)CC2)CC1. The molecule has 1 aliphatic carbocycles. The zero-order valence-corrected chi connectivity index (χ0v) is 19.5. The van der Waals surface area contributed by atoms with Crippen LogP contribution in [0.1, 0.15) is 62.2 Å². The van der Waals surface area contributed by atoms with E-state index in [9.17, 15) is 22.0 Å². The molecule has 0 spiro atoms. The van der Waals surface area contributed by atoms with Gasteiger partial charge in [0, 0.05) is 56.5 Å². The molecule has 0 aromatic heterocycles. The average molecular weight is 477 g/mol. The molecule has 174 valence electrons. The molecule has 0 bridgehead atoms. The first-order chi connectivity index (χ1) is 14.6. The molecule has 31 heavy (non-hydrogen) atoms. The fraction of sp³-hybridized carbons (Fsp3) is 0.682. The van der Waals surface area contributed by atoms with Crippen molar-refractivity contribution >= 4 is 27.4 Å². The van der Waals surface area contributed by atoms with E-state index < -0.39 is 21.5 Å². The van der Waals surface area contributed by atoms with E-state index in [-0.39, 0.29) is 30.8 Å². The van der Waals surface area contributed by atoms with Crippen LogP contribution in [0.25, 0.3) is 0 Å². The largest absolute Gasteiger partial charge is 0.295 e. The zero-order chi connectivity index (χ0) is 22.7. The minimum atomic E-state index is -3.27. The number of ketones is 1. The van der Waals surface area contributed by atoms with Crippen LogP contribution < -0.4 is 0 Å². The molecule has 2 fully saturated rings. The van der Waals surface area contributed by atoms with E-state index in [1.54, 1.807) is 24.3 Å². The summed E-state index contributed by atoms with van der Waals surface area (Å²) in [4.78, 5) is 14.9. The van der Waals surface area contributed by atoms with Gasteiger partial charge in [-0.15, -0.1) is 0 Å². The van der Waals surface area contributed by atoms with E-state index >= 15 is 0 Å². The van der Waals surface area contributed by atoms with Gasteiger partial charge in [-0.25, -0.2) is 17.2 Å². The van der Waals surface area contributed by atoms with Crippen LogP contribution >= 0.6 is 11.6 Å². The van der Waals surface area contributed by atoms with Gasteiger partial charge in [0.05, 0.1) is 10.8 Å². The number of hydrogen-bond acceptors (Lipinski definition) is 4. The van der Waals surface area contributed by atoms with E-state index in [1.807, 2.05) is 6.92 Å². The zero-order valence-electron chi connectivity index (χ0n) is 18.0. The van der Waals surface area contributed by atoms with Crippen molar-refractivity contribution < 1.29 is 22.0 Å². The standard InChI is InChI=1S/C22H31ClF2N2O3S/c1-2-17-31(29,30)27-15-13-26(14-16-27)21(9-11-22(24,25)12-10-21)8-7-20(28)18-5-3-4-6-19(18)23/h3-6H,2,7-17H2,1H3. The first-order valence-corrected chi connectivity index (χ1v) is 13.0. The Morgan fingerprint density at radius 2 is 1.68 bits per heavy atom. The number of piperazine rings is 1. The van der Waals surface area contributed by atoms with Gasteiger partial charge in [-0.05, 0) is 37.8 Å². The molecule has 1 saturated carbocycles. The van der Waals surface area contributed by atoms with Gasteiger partial charge >= 0.3 is 0 Å². The highest BCUT2D eigenvalue weighted by molar-refractivity contribution is 7.89. The average Bonchev–Trinajstić information content (AvgIpc) is 2.73. The first-order valence-electron chi connectivity index (χ1n) is 11.0. The highest BCUT2D eigenvalue weighted by atomic mass is 35.5. The lowest BCUT2D eigenvalue weighted by atomic mass is 9.74. The van der Waals surface area contributed by atoms with Gasteiger partial charge in [0.25, 0.3) is 0 Å². The predicted molar refractivity (Wildman–Crippen MR) is 118 cm³/mol. The summed E-state index contributed by atoms with van der Waals surface area (Å²) in [5, 5.41) is 0.395. The fourth-order valence-electron chi connectivity index (χ4n) is 4.80. The molecule has 1 heterocycles. The summed E-state index contributed by atoms with van der Waals surface area (Å²) in [7, 11) is -3.27. The lowest BCUT2D eigenvalue weighted by molar-refractivity contribution is -0.0891. The van der Waals surface area contributed by atoms with Crippen molar-refractivity contribution in [3.05, 3.63) is 34.9 Å². The van der Waals surface area contributed by atoms with Crippen molar-refractivity contribution in [2.24, 2.45) is 0 Å². The molecule has 0 radical (unpaired) electrons. The Morgan fingerprint density at radius 1 is 1.06 bits per heavy atom. The van der Waals surface area contributed by atoms with E-state index in [2.05, 4.69) is 4.90 Å². The molecule has 1 aliphatic heterocycles. The van der Waals surface area contributed by atoms with Crippen LogP contribution in [0.5, 0.6) is 0 Å². The lowest BCUT2D eigenvalue weighted by Crippen LogP contribution is -2.60. The molecular formula is C22H31ClF2N2O3S. The summed E-state index contributed by atoms with van der Waals surface area (Å²) < 4.78 is 54.2. The second-order valence-corrected chi connectivity index (χ2v) is 11.2. The third kappa shape index (κ3) is 5.83. The number of rotatable bonds is 8. The molecule has 1 aromatic rings. The second-order valence-electron chi connectivity index (χ2n) is 8.69. The van der Waals surface area contributed by atoms with Crippen LogP contribution in [0.2, 0.25) is 5.02 Å². The lowest BCUT2D eigenvalue weighted by Gasteiger charge is -2.51. The molecule has 0 unspecified atom stereocenters. The third-order valence-electron chi connectivity index (χ3n) is 6.67.